The lowest BCUT2D eigenvalue weighted by Crippen LogP contribution is -2.22. The first-order chi connectivity index (χ1) is 6.91. The fourth-order valence-corrected chi connectivity index (χ4v) is 1.20. The molecule has 0 aromatic carbocycles. The molecule has 0 aromatic heterocycles. The maximum atomic E-state index is 5.38. The molecule has 0 aliphatic heterocycles. The molecule has 0 bridgehead atoms. The van der Waals surface area contributed by atoms with E-state index in [4.69, 9.17) is 11.5 Å². The molecule has 0 amide bonds. The molecule has 0 atom stereocenters. The van der Waals surface area contributed by atoms with Gasteiger partial charge in [-0.15, -0.1) is 12.4 Å². The van der Waals surface area contributed by atoms with Gasteiger partial charge in [-0.25, -0.2) is 0 Å². The fourth-order valence-electron chi connectivity index (χ4n) is 1.20. The first-order valence-corrected chi connectivity index (χ1v) is 5.73. The van der Waals surface area contributed by atoms with Crippen molar-refractivity contribution in [1.82, 2.24) is 10.6 Å². The lowest BCUT2D eigenvalue weighted by molar-refractivity contribution is 0.570. The summed E-state index contributed by atoms with van der Waals surface area (Å²) in [7, 11) is 0. The van der Waals surface area contributed by atoms with Gasteiger partial charge in [-0.3, -0.25) is 0 Å². The van der Waals surface area contributed by atoms with Crippen LogP contribution in [0.5, 0.6) is 0 Å². The van der Waals surface area contributed by atoms with E-state index in [2.05, 4.69) is 10.6 Å². The van der Waals surface area contributed by atoms with Crippen LogP contribution < -0.4 is 22.1 Å². The molecule has 0 spiro atoms. The minimum Gasteiger partial charge on any atom is -0.412 e. The molecule has 5 nitrogen and oxygen atoms in total. The van der Waals surface area contributed by atoms with Crippen LogP contribution in [-0.2, 0) is 0 Å². The van der Waals surface area contributed by atoms with Gasteiger partial charge >= 0.3 is 0 Å². The molecule has 16 heavy (non-hydrogen) atoms. The van der Waals surface area contributed by atoms with Crippen LogP contribution in [0.25, 0.3) is 0 Å². The Kier molecular flexibility index (Phi) is 27.4. The molecule has 0 aromatic rings. The molecule has 6 heteroatoms. The SMILES string of the molecule is Cl.NCCCNCCCCNCCCN.O. The van der Waals surface area contributed by atoms with Gasteiger partial charge < -0.3 is 27.6 Å². The summed E-state index contributed by atoms with van der Waals surface area (Å²) in [5.41, 5.74) is 10.8. The summed E-state index contributed by atoms with van der Waals surface area (Å²) in [5.74, 6) is 0. The smallest absolute Gasteiger partial charge is 0.00369 e. The van der Waals surface area contributed by atoms with E-state index < -0.39 is 0 Å². The van der Waals surface area contributed by atoms with E-state index in [0.29, 0.717) is 0 Å². The fraction of sp³-hybridized carbons (Fsp3) is 1.00. The second-order valence-electron chi connectivity index (χ2n) is 3.49. The van der Waals surface area contributed by atoms with Crippen molar-refractivity contribution in [3.05, 3.63) is 0 Å². The molecule has 8 N–H and O–H groups in total. The van der Waals surface area contributed by atoms with Crippen LogP contribution in [0.15, 0.2) is 0 Å². The third-order valence-corrected chi connectivity index (χ3v) is 2.07. The standard InChI is InChI=1S/C10H26N4.ClH.H2O/c11-5-3-9-13-7-1-2-8-14-10-4-6-12;;/h13-14H,1-12H2;1H;1H2. The maximum absolute atomic E-state index is 5.38. The summed E-state index contributed by atoms with van der Waals surface area (Å²) in [4.78, 5) is 0. The van der Waals surface area contributed by atoms with E-state index in [-0.39, 0.29) is 17.9 Å². The highest BCUT2D eigenvalue weighted by Crippen LogP contribution is 1.84. The lowest BCUT2D eigenvalue weighted by atomic mass is 10.3. The van der Waals surface area contributed by atoms with Crippen LogP contribution >= 0.6 is 12.4 Å². The van der Waals surface area contributed by atoms with Crippen LogP contribution in [0.4, 0.5) is 0 Å². The van der Waals surface area contributed by atoms with E-state index >= 15 is 0 Å². The molecular formula is C10H29ClN4O. The van der Waals surface area contributed by atoms with Crippen molar-refractivity contribution >= 4 is 12.4 Å². The average Bonchev–Trinajstić information content (AvgIpc) is 2.21. The van der Waals surface area contributed by atoms with Crippen molar-refractivity contribution in [2.45, 2.75) is 25.7 Å². The molecule has 0 aliphatic rings. The Morgan fingerprint density at radius 2 is 0.938 bits per heavy atom. The Labute approximate surface area is 105 Å². The van der Waals surface area contributed by atoms with Gasteiger partial charge in [0.1, 0.15) is 0 Å². The minimum absolute atomic E-state index is 0. The predicted octanol–water partition coefficient (Wildman–Crippen LogP) is -0.759. The molecule has 0 aliphatic carbocycles. The maximum Gasteiger partial charge on any atom is -0.00369 e. The molecule has 0 rings (SSSR count). The van der Waals surface area contributed by atoms with Gasteiger partial charge in [-0.1, -0.05) is 0 Å². The zero-order chi connectivity index (χ0) is 10.5. The molecule has 102 valence electrons. The van der Waals surface area contributed by atoms with Crippen LogP contribution in [0.3, 0.4) is 0 Å². The number of hydrogen-bond acceptors (Lipinski definition) is 4. The topological polar surface area (TPSA) is 108 Å². The molecule has 0 radical (unpaired) electrons. The van der Waals surface area contributed by atoms with Crippen LogP contribution in [0, 0.1) is 0 Å². The average molecular weight is 257 g/mol. The van der Waals surface area contributed by atoms with Gasteiger partial charge in [0, 0.05) is 0 Å². The first kappa shape index (κ1) is 21.4. The van der Waals surface area contributed by atoms with Gasteiger partial charge in [-0.2, -0.15) is 0 Å². The quantitative estimate of drug-likeness (QED) is 0.365. The molecule has 0 fully saturated rings. The van der Waals surface area contributed by atoms with Crippen LogP contribution in [-0.4, -0.2) is 44.7 Å². The molecule has 0 unspecified atom stereocenters. The number of unbranched alkanes of at least 4 members (excludes halogenated alkanes) is 1. The summed E-state index contributed by atoms with van der Waals surface area (Å²) in [5, 5.41) is 6.72. The van der Waals surface area contributed by atoms with Gasteiger partial charge in [0.25, 0.3) is 0 Å². The zero-order valence-electron chi connectivity index (χ0n) is 10.1. The third kappa shape index (κ3) is 19.6. The summed E-state index contributed by atoms with van der Waals surface area (Å²) in [6, 6.07) is 0. The molecular weight excluding hydrogens is 228 g/mol. The van der Waals surface area contributed by atoms with Gasteiger partial charge in [0.15, 0.2) is 0 Å². The van der Waals surface area contributed by atoms with Gasteiger partial charge in [-0.05, 0) is 65.0 Å². The highest BCUT2D eigenvalue weighted by atomic mass is 35.5. The van der Waals surface area contributed by atoms with E-state index in [1.165, 1.54) is 12.8 Å². The Hall–Kier alpha value is 0.0900. The minimum atomic E-state index is 0. The largest absolute Gasteiger partial charge is 0.412 e. The van der Waals surface area contributed by atoms with Crippen molar-refractivity contribution in [3.8, 4) is 0 Å². The third-order valence-electron chi connectivity index (χ3n) is 2.07. The predicted molar refractivity (Wildman–Crippen MR) is 73.2 cm³/mol. The lowest BCUT2D eigenvalue weighted by Gasteiger charge is -2.04. The number of nitrogens with two attached hydrogens (primary N) is 2. The van der Waals surface area contributed by atoms with E-state index in [0.717, 1.165) is 52.1 Å². The Morgan fingerprint density at radius 3 is 1.25 bits per heavy atom. The summed E-state index contributed by atoms with van der Waals surface area (Å²) < 4.78 is 0. The summed E-state index contributed by atoms with van der Waals surface area (Å²) in [6.07, 6.45) is 4.63. The zero-order valence-corrected chi connectivity index (χ0v) is 11.0. The van der Waals surface area contributed by atoms with Gasteiger partial charge in [0.2, 0.25) is 0 Å². The normalized spacial score (nSPS) is 9.38. The van der Waals surface area contributed by atoms with Gasteiger partial charge in [0.05, 0.1) is 0 Å². The Bertz CT molecular complexity index is 96.8. The monoisotopic (exact) mass is 256 g/mol. The van der Waals surface area contributed by atoms with E-state index in [1.54, 1.807) is 0 Å². The van der Waals surface area contributed by atoms with Crippen LogP contribution in [0.1, 0.15) is 25.7 Å². The van der Waals surface area contributed by atoms with E-state index in [9.17, 15) is 0 Å². The molecule has 0 saturated heterocycles. The highest BCUT2D eigenvalue weighted by Gasteiger charge is 1.89. The van der Waals surface area contributed by atoms with Crippen molar-refractivity contribution in [2.24, 2.45) is 11.5 Å². The number of nitrogens with one attached hydrogen (secondary N) is 2. The highest BCUT2D eigenvalue weighted by molar-refractivity contribution is 5.85. The molecule has 0 heterocycles. The van der Waals surface area contributed by atoms with Crippen molar-refractivity contribution in [1.29, 1.82) is 0 Å². The van der Waals surface area contributed by atoms with E-state index in [1.807, 2.05) is 0 Å². The molecule has 0 saturated carbocycles. The summed E-state index contributed by atoms with van der Waals surface area (Å²) in [6.45, 7) is 5.90. The second kappa shape index (κ2) is 20.5. The van der Waals surface area contributed by atoms with Crippen molar-refractivity contribution in [3.63, 3.8) is 0 Å². The second-order valence-corrected chi connectivity index (χ2v) is 3.49. The Balaban J connectivity index is -0.000000845. The van der Waals surface area contributed by atoms with Crippen molar-refractivity contribution in [2.75, 3.05) is 39.3 Å². The summed E-state index contributed by atoms with van der Waals surface area (Å²) >= 11 is 0. The first-order valence-electron chi connectivity index (χ1n) is 5.73. The number of halogens is 1. The Morgan fingerprint density at radius 1 is 0.625 bits per heavy atom. The number of hydrogen-bond donors (Lipinski definition) is 4. The van der Waals surface area contributed by atoms with Crippen LogP contribution in [0.2, 0.25) is 0 Å². The number of rotatable bonds is 11. The van der Waals surface area contributed by atoms with Crippen molar-refractivity contribution < 1.29 is 5.48 Å².